The van der Waals surface area contributed by atoms with Gasteiger partial charge in [-0.25, -0.2) is 14.3 Å². The zero-order chi connectivity index (χ0) is 15.3. The summed E-state index contributed by atoms with van der Waals surface area (Å²) >= 11 is 0. The molecule has 2 aromatic heterocycles. The highest BCUT2D eigenvalue weighted by Gasteiger charge is 2.46. The first-order valence-electron chi connectivity index (χ1n) is 6.29. The average molecular weight is 299 g/mol. The zero-order valence-corrected chi connectivity index (χ0v) is 11.1. The third-order valence-electron chi connectivity index (χ3n) is 3.60. The van der Waals surface area contributed by atoms with Gasteiger partial charge >= 0.3 is 5.69 Å². The van der Waals surface area contributed by atoms with E-state index in [0.29, 0.717) is 0 Å². The molecule has 5 N–H and O–H groups in total. The van der Waals surface area contributed by atoms with Crippen molar-refractivity contribution in [1.82, 2.24) is 14.5 Å². The first-order valence-corrected chi connectivity index (χ1v) is 6.29. The fraction of sp³-hybridized carbons (Fsp3) is 0.545. The van der Waals surface area contributed by atoms with Gasteiger partial charge in [-0.15, -0.1) is 0 Å². The Morgan fingerprint density at radius 1 is 1.33 bits per heavy atom. The number of aromatic amines is 2. The molecule has 0 radical (unpaired) electrons. The highest BCUT2D eigenvalue weighted by molar-refractivity contribution is 5.65. The monoisotopic (exact) mass is 299 g/mol. The van der Waals surface area contributed by atoms with Gasteiger partial charge in [-0.1, -0.05) is 0 Å². The summed E-state index contributed by atoms with van der Waals surface area (Å²) < 4.78 is 8.19. The number of aliphatic hydroxyl groups excluding tert-OH is 3. The van der Waals surface area contributed by atoms with E-state index in [4.69, 9.17) is 9.84 Å². The van der Waals surface area contributed by atoms with Crippen LogP contribution in [0, 0.1) is 0 Å². The molecule has 3 heterocycles. The maximum atomic E-state index is 11.8. The normalized spacial score (nSPS) is 29.3. The van der Waals surface area contributed by atoms with Crippen molar-refractivity contribution >= 4 is 11.2 Å². The Kier molecular flexibility index (Phi) is 3.17. The zero-order valence-electron chi connectivity index (χ0n) is 11.1. The third-order valence-corrected chi connectivity index (χ3v) is 3.60. The van der Waals surface area contributed by atoms with E-state index in [1.807, 2.05) is 0 Å². The molecule has 1 fully saturated rings. The van der Waals surface area contributed by atoms with Gasteiger partial charge in [0.05, 0.1) is 13.7 Å². The molecule has 1 saturated heterocycles. The van der Waals surface area contributed by atoms with E-state index < -0.39 is 42.4 Å². The van der Waals surface area contributed by atoms with Crippen molar-refractivity contribution in [3.63, 3.8) is 0 Å². The van der Waals surface area contributed by atoms with Crippen LogP contribution < -0.4 is 15.8 Å². The molecule has 4 atom stereocenters. The largest absolute Gasteiger partial charge is 0.394 e. The van der Waals surface area contributed by atoms with Crippen molar-refractivity contribution in [2.45, 2.75) is 24.5 Å². The Morgan fingerprint density at radius 3 is 2.67 bits per heavy atom. The Labute approximate surface area is 116 Å². The molecule has 0 aromatic carbocycles. The van der Waals surface area contributed by atoms with Crippen LogP contribution in [-0.4, -0.2) is 54.8 Å². The summed E-state index contributed by atoms with van der Waals surface area (Å²) in [4.78, 5) is 27.8. The first-order chi connectivity index (χ1) is 9.93. The molecule has 0 unspecified atom stereocenters. The molecule has 10 nitrogen and oxygen atoms in total. The molecule has 3 rings (SSSR count). The van der Waals surface area contributed by atoms with Crippen LogP contribution in [0.15, 0.2) is 15.9 Å². The predicted molar refractivity (Wildman–Crippen MR) is 67.4 cm³/mol. The molecule has 0 amide bonds. The number of aliphatic hydroxyl groups is 3. The third kappa shape index (κ3) is 2.00. The molecule has 10 heteroatoms. The van der Waals surface area contributed by atoms with Crippen LogP contribution in [0.1, 0.15) is 6.23 Å². The van der Waals surface area contributed by atoms with Gasteiger partial charge in [0.1, 0.15) is 18.3 Å². The summed E-state index contributed by atoms with van der Waals surface area (Å²) in [6.07, 6.45) is -3.09. The van der Waals surface area contributed by atoms with Crippen LogP contribution in [0.25, 0.3) is 11.2 Å². The van der Waals surface area contributed by atoms with Gasteiger partial charge in [0.25, 0.3) is 11.2 Å². The van der Waals surface area contributed by atoms with E-state index in [0.717, 1.165) is 0 Å². The van der Waals surface area contributed by atoms with Crippen molar-refractivity contribution in [1.29, 1.82) is 0 Å². The molecule has 2 aromatic rings. The van der Waals surface area contributed by atoms with Gasteiger partial charge in [0, 0.05) is 0 Å². The van der Waals surface area contributed by atoms with Crippen molar-refractivity contribution < 1.29 is 24.6 Å². The van der Waals surface area contributed by atoms with E-state index >= 15 is 0 Å². The van der Waals surface area contributed by atoms with Crippen LogP contribution >= 0.6 is 0 Å². The van der Waals surface area contributed by atoms with Crippen molar-refractivity contribution in [2.24, 2.45) is 7.05 Å². The lowest BCUT2D eigenvalue weighted by molar-refractivity contribution is -0.746. The number of H-pyrrole nitrogens is 2. The molecule has 21 heavy (non-hydrogen) atoms. The molecule has 1 aliphatic heterocycles. The lowest BCUT2D eigenvalue weighted by atomic mass is 10.1. The van der Waals surface area contributed by atoms with Crippen molar-refractivity contribution in [3.8, 4) is 0 Å². The van der Waals surface area contributed by atoms with Crippen LogP contribution in [0.3, 0.4) is 0 Å². The summed E-state index contributed by atoms with van der Waals surface area (Å²) in [5.74, 6) is 0. The minimum Gasteiger partial charge on any atom is -0.394 e. The fourth-order valence-electron chi connectivity index (χ4n) is 2.59. The lowest BCUT2D eigenvalue weighted by Crippen LogP contribution is -2.46. The maximum Gasteiger partial charge on any atom is 0.384 e. The minimum absolute atomic E-state index is 0.154. The summed E-state index contributed by atoms with van der Waals surface area (Å²) in [6.45, 7) is -0.461. The van der Waals surface area contributed by atoms with Gasteiger partial charge < -0.3 is 20.1 Å². The fourth-order valence-corrected chi connectivity index (χ4v) is 2.59. The van der Waals surface area contributed by atoms with E-state index in [2.05, 4.69) is 9.97 Å². The van der Waals surface area contributed by atoms with E-state index in [1.165, 1.54) is 15.5 Å². The van der Waals surface area contributed by atoms with Gasteiger partial charge in [-0.05, 0) is 0 Å². The number of fused-ring (bicyclic) bond motifs is 1. The molecule has 0 aliphatic carbocycles. The maximum absolute atomic E-state index is 11.8. The topological polar surface area (TPSA) is 144 Å². The van der Waals surface area contributed by atoms with Crippen LogP contribution in [0.4, 0.5) is 0 Å². The minimum atomic E-state index is -1.31. The van der Waals surface area contributed by atoms with Gasteiger partial charge in [0.15, 0.2) is 6.33 Å². The number of nitrogens with one attached hydrogen (secondary N) is 2. The van der Waals surface area contributed by atoms with E-state index in [1.54, 1.807) is 7.05 Å². The molecule has 0 spiro atoms. The van der Waals surface area contributed by atoms with Gasteiger partial charge in [0.2, 0.25) is 11.7 Å². The molecule has 1 aliphatic rings. The Morgan fingerprint density at radius 2 is 2.05 bits per heavy atom. The number of nitrogens with zero attached hydrogens (tertiary/aromatic N) is 2. The second-order valence-electron chi connectivity index (χ2n) is 4.97. The first kappa shape index (κ1) is 13.9. The van der Waals surface area contributed by atoms with Crippen LogP contribution in [0.5, 0.6) is 0 Å². The summed E-state index contributed by atoms with van der Waals surface area (Å²) in [7, 11) is 1.59. The number of rotatable bonds is 2. The number of hydrogen-bond acceptors (Lipinski definition) is 6. The molecule has 114 valence electrons. The van der Waals surface area contributed by atoms with Crippen molar-refractivity contribution in [2.75, 3.05) is 6.61 Å². The number of hydrogen-bond donors (Lipinski definition) is 5. The molecule has 0 saturated carbocycles. The molecule has 0 bridgehead atoms. The highest BCUT2D eigenvalue weighted by atomic mass is 16.6. The standard InChI is InChI=1S/C11H14N4O6/c1-14-3-15(8-5(14)9(19)13-11(20)12-8)10-7(18)6(17)4(2-16)21-10/h3-4,6-7,10,16-18H,2H2,1H3,(H-,12,13,19,20)/p+1/t4-,6+,7+,10-/m0/s1. The highest BCUT2D eigenvalue weighted by Crippen LogP contribution is 2.25. The lowest BCUT2D eigenvalue weighted by Gasteiger charge is -2.12. The van der Waals surface area contributed by atoms with Gasteiger partial charge in [-0.2, -0.15) is 0 Å². The molecular formula is C11H15N4O6+. The van der Waals surface area contributed by atoms with Crippen molar-refractivity contribution in [3.05, 3.63) is 27.2 Å². The SMILES string of the molecule is Cn1c[n+]([C@H]2O[C@@H](CO)[C@@H](O)[C@H]2O)c2[nH]c(=O)[nH]c(=O)c21. The summed E-state index contributed by atoms with van der Waals surface area (Å²) in [5, 5.41) is 28.9. The Bertz CT molecular complexity index is 792. The quantitative estimate of drug-likeness (QED) is 0.363. The van der Waals surface area contributed by atoms with Gasteiger partial charge in [-0.3, -0.25) is 14.3 Å². The second-order valence-corrected chi connectivity index (χ2v) is 4.97. The van der Waals surface area contributed by atoms with Crippen LogP contribution in [0.2, 0.25) is 0 Å². The predicted octanol–water partition coefficient (Wildman–Crippen LogP) is -3.55. The Balaban J connectivity index is 2.18. The Hall–Kier alpha value is -2.01. The summed E-state index contributed by atoms with van der Waals surface area (Å²) in [5.41, 5.74) is -0.936. The molecular weight excluding hydrogens is 284 g/mol. The number of aryl methyl sites for hydroxylation is 1. The van der Waals surface area contributed by atoms with Crippen LogP contribution in [-0.2, 0) is 11.8 Å². The summed E-state index contributed by atoms with van der Waals surface area (Å²) in [6, 6.07) is 0. The van der Waals surface area contributed by atoms with E-state index in [9.17, 15) is 19.8 Å². The van der Waals surface area contributed by atoms with E-state index in [-0.39, 0.29) is 11.2 Å². The smallest absolute Gasteiger partial charge is 0.384 e. The average Bonchev–Trinajstić information content (AvgIpc) is 2.89. The second kappa shape index (κ2) is 4.77. The number of imidazole rings is 1. The number of ether oxygens (including phenoxy) is 1. The number of aromatic nitrogens is 4.